The van der Waals surface area contributed by atoms with Gasteiger partial charge in [-0.25, -0.2) is 8.78 Å². The second kappa shape index (κ2) is 5.77. The highest BCUT2D eigenvalue weighted by atomic mass is 19.3. The lowest BCUT2D eigenvalue weighted by Crippen LogP contribution is -2.28. The molecule has 1 fully saturated rings. The Bertz CT molecular complexity index is 490. The molecule has 2 rings (SSSR count). The summed E-state index contributed by atoms with van der Waals surface area (Å²) in [5, 5.41) is 0. The minimum absolute atomic E-state index is 0.125. The normalized spacial score (nSPS) is 18.6. The van der Waals surface area contributed by atoms with E-state index < -0.39 is 5.92 Å². The average Bonchev–Trinajstić information content (AvgIpc) is 2.45. The Hall–Kier alpha value is -1.65. The van der Waals surface area contributed by atoms with Crippen LogP contribution in [0, 0.1) is 5.92 Å². The molecule has 0 atom stereocenters. The van der Waals surface area contributed by atoms with Gasteiger partial charge in [-0.1, -0.05) is 0 Å². The summed E-state index contributed by atoms with van der Waals surface area (Å²) >= 11 is 0. The minimum Gasteiger partial charge on any atom is -0.497 e. The third-order valence-electron chi connectivity index (χ3n) is 3.76. The van der Waals surface area contributed by atoms with E-state index in [4.69, 9.17) is 9.47 Å². The van der Waals surface area contributed by atoms with Crippen molar-refractivity contribution in [1.82, 2.24) is 0 Å². The molecule has 1 aromatic rings. The van der Waals surface area contributed by atoms with Crippen LogP contribution in [-0.2, 0) is 0 Å². The Morgan fingerprint density at radius 1 is 1.20 bits per heavy atom. The van der Waals surface area contributed by atoms with Gasteiger partial charge in [0, 0.05) is 24.8 Å². The molecule has 1 saturated carbocycles. The van der Waals surface area contributed by atoms with Crippen molar-refractivity contribution >= 4 is 5.78 Å². The quantitative estimate of drug-likeness (QED) is 0.791. The zero-order valence-corrected chi connectivity index (χ0v) is 11.6. The van der Waals surface area contributed by atoms with E-state index >= 15 is 0 Å². The van der Waals surface area contributed by atoms with Crippen molar-refractivity contribution in [2.75, 3.05) is 14.2 Å². The van der Waals surface area contributed by atoms with Gasteiger partial charge in [0.05, 0.1) is 19.8 Å². The van der Waals surface area contributed by atoms with Crippen LogP contribution in [-0.4, -0.2) is 25.9 Å². The van der Waals surface area contributed by atoms with E-state index in [0.717, 1.165) is 0 Å². The molecule has 3 nitrogen and oxygen atoms in total. The number of Topliss-reactive ketones (excluding diaryl/α,β-unsaturated/α-hetero) is 1. The fourth-order valence-electron chi connectivity index (χ4n) is 2.52. The standard InChI is InChI=1S/C15H18F2O3/c1-19-11-3-4-12(13(9-11)20-2)14(18)10-5-7-15(16,17)8-6-10/h3-4,9-10H,5-8H2,1-2H3. The van der Waals surface area contributed by atoms with Crippen LogP contribution in [0.2, 0.25) is 0 Å². The molecule has 5 heteroatoms. The van der Waals surface area contributed by atoms with E-state index in [2.05, 4.69) is 0 Å². The lowest BCUT2D eigenvalue weighted by atomic mass is 9.82. The summed E-state index contributed by atoms with van der Waals surface area (Å²) in [6.45, 7) is 0. The predicted molar refractivity (Wildman–Crippen MR) is 70.8 cm³/mol. The van der Waals surface area contributed by atoms with Crippen LogP contribution in [0.15, 0.2) is 18.2 Å². The van der Waals surface area contributed by atoms with Crippen LogP contribution in [0.3, 0.4) is 0 Å². The van der Waals surface area contributed by atoms with Crippen molar-refractivity contribution in [2.45, 2.75) is 31.6 Å². The number of benzene rings is 1. The summed E-state index contributed by atoms with van der Waals surface area (Å²) in [5.74, 6) is -2.09. The van der Waals surface area contributed by atoms with Crippen molar-refractivity contribution in [2.24, 2.45) is 5.92 Å². The average molecular weight is 284 g/mol. The molecular formula is C15H18F2O3. The second-order valence-corrected chi connectivity index (χ2v) is 5.06. The molecule has 0 heterocycles. The third-order valence-corrected chi connectivity index (χ3v) is 3.76. The number of alkyl halides is 2. The summed E-state index contributed by atoms with van der Waals surface area (Å²) < 4.78 is 36.5. The molecular weight excluding hydrogens is 266 g/mol. The number of ether oxygens (including phenoxy) is 2. The van der Waals surface area contributed by atoms with Crippen LogP contribution in [0.1, 0.15) is 36.0 Å². The van der Waals surface area contributed by atoms with Crippen LogP contribution in [0.5, 0.6) is 11.5 Å². The predicted octanol–water partition coefficient (Wildman–Crippen LogP) is 3.71. The molecule has 110 valence electrons. The maximum Gasteiger partial charge on any atom is 0.248 e. The number of carbonyl (C=O) groups excluding carboxylic acids is 1. The van der Waals surface area contributed by atoms with E-state index in [-0.39, 0.29) is 37.4 Å². The molecule has 0 unspecified atom stereocenters. The highest BCUT2D eigenvalue weighted by Gasteiger charge is 2.38. The van der Waals surface area contributed by atoms with E-state index in [0.29, 0.717) is 17.1 Å². The highest BCUT2D eigenvalue weighted by molar-refractivity contribution is 6.00. The van der Waals surface area contributed by atoms with Gasteiger partial charge < -0.3 is 9.47 Å². The largest absolute Gasteiger partial charge is 0.497 e. The molecule has 0 radical (unpaired) electrons. The lowest BCUT2D eigenvalue weighted by molar-refractivity contribution is -0.0424. The van der Waals surface area contributed by atoms with Gasteiger partial charge in [0.2, 0.25) is 5.92 Å². The lowest BCUT2D eigenvalue weighted by Gasteiger charge is -2.27. The zero-order valence-electron chi connectivity index (χ0n) is 11.6. The molecule has 0 N–H and O–H groups in total. The van der Waals surface area contributed by atoms with Gasteiger partial charge in [-0.2, -0.15) is 0 Å². The molecule has 0 spiro atoms. The highest BCUT2D eigenvalue weighted by Crippen LogP contribution is 2.38. The first-order chi connectivity index (χ1) is 9.46. The van der Waals surface area contributed by atoms with Gasteiger partial charge in [-0.15, -0.1) is 0 Å². The Morgan fingerprint density at radius 2 is 1.85 bits per heavy atom. The molecule has 0 aromatic heterocycles. The number of hydrogen-bond donors (Lipinski definition) is 0. The number of ketones is 1. The summed E-state index contributed by atoms with van der Waals surface area (Å²) in [5.41, 5.74) is 0.434. The van der Waals surface area contributed by atoms with Gasteiger partial charge in [0.25, 0.3) is 0 Å². The van der Waals surface area contributed by atoms with Crippen LogP contribution in [0.4, 0.5) is 8.78 Å². The SMILES string of the molecule is COc1ccc(C(=O)C2CCC(F)(F)CC2)c(OC)c1. The van der Waals surface area contributed by atoms with Crippen LogP contribution < -0.4 is 9.47 Å². The van der Waals surface area contributed by atoms with Crippen molar-refractivity contribution in [3.63, 3.8) is 0 Å². The number of hydrogen-bond acceptors (Lipinski definition) is 3. The summed E-state index contributed by atoms with van der Waals surface area (Å²) in [6.07, 6.45) is 0.00574. The maximum absolute atomic E-state index is 13.1. The van der Waals surface area contributed by atoms with Gasteiger partial charge in [-0.05, 0) is 25.0 Å². The second-order valence-electron chi connectivity index (χ2n) is 5.06. The van der Waals surface area contributed by atoms with Crippen molar-refractivity contribution < 1.29 is 23.0 Å². The molecule has 1 aliphatic rings. The Labute approximate surface area is 116 Å². The topological polar surface area (TPSA) is 35.5 Å². The number of methoxy groups -OCH3 is 2. The Balaban J connectivity index is 2.17. The van der Waals surface area contributed by atoms with Crippen molar-refractivity contribution in [3.05, 3.63) is 23.8 Å². The summed E-state index contributed by atoms with van der Waals surface area (Å²) in [7, 11) is 3.00. The molecule has 1 aromatic carbocycles. The Morgan fingerprint density at radius 3 is 2.40 bits per heavy atom. The third kappa shape index (κ3) is 3.08. The first-order valence-electron chi connectivity index (χ1n) is 6.61. The van der Waals surface area contributed by atoms with Crippen LogP contribution in [0.25, 0.3) is 0 Å². The minimum atomic E-state index is -2.62. The van der Waals surface area contributed by atoms with Gasteiger partial charge in [0.15, 0.2) is 5.78 Å². The van der Waals surface area contributed by atoms with Gasteiger partial charge >= 0.3 is 0 Å². The molecule has 0 aliphatic heterocycles. The summed E-state index contributed by atoms with van der Waals surface area (Å²) in [6, 6.07) is 4.94. The zero-order chi connectivity index (χ0) is 14.8. The molecule has 0 amide bonds. The smallest absolute Gasteiger partial charge is 0.248 e. The van der Waals surface area contributed by atoms with Gasteiger partial charge in [0.1, 0.15) is 11.5 Å². The van der Waals surface area contributed by atoms with Gasteiger partial charge in [-0.3, -0.25) is 4.79 Å². The maximum atomic E-state index is 13.1. The van der Waals surface area contributed by atoms with Crippen molar-refractivity contribution in [1.29, 1.82) is 0 Å². The molecule has 20 heavy (non-hydrogen) atoms. The number of carbonyl (C=O) groups is 1. The van der Waals surface area contributed by atoms with Crippen molar-refractivity contribution in [3.8, 4) is 11.5 Å². The monoisotopic (exact) mass is 284 g/mol. The molecule has 1 aliphatic carbocycles. The Kier molecular flexibility index (Phi) is 4.26. The first kappa shape index (κ1) is 14.8. The molecule has 0 saturated heterocycles. The summed E-state index contributed by atoms with van der Waals surface area (Å²) in [4.78, 5) is 12.4. The molecule has 0 bridgehead atoms. The fourth-order valence-corrected chi connectivity index (χ4v) is 2.52. The van der Waals surface area contributed by atoms with E-state index in [1.165, 1.54) is 14.2 Å². The first-order valence-corrected chi connectivity index (χ1v) is 6.61. The van der Waals surface area contributed by atoms with E-state index in [9.17, 15) is 13.6 Å². The number of halogens is 2. The fraction of sp³-hybridized carbons (Fsp3) is 0.533. The van der Waals surface area contributed by atoms with Crippen LogP contribution >= 0.6 is 0 Å². The van der Waals surface area contributed by atoms with E-state index in [1.54, 1.807) is 18.2 Å². The number of rotatable bonds is 4. The van der Waals surface area contributed by atoms with E-state index in [1.807, 2.05) is 0 Å².